The zero-order valence-electron chi connectivity index (χ0n) is 7.43. The van der Waals surface area contributed by atoms with Crippen LogP contribution in [0.25, 0.3) is 0 Å². The van der Waals surface area contributed by atoms with Gasteiger partial charge in [0.15, 0.2) is 0 Å². The van der Waals surface area contributed by atoms with Gasteiger partial charge in [0.2, 0.25) is 5.90 Å². The molecule has 0 aliphatic carbocycles. The Balaban J connectivity index is 2.34. The van der Waals surface area contributed by atoms with E-state index in [-0.39, 0.29) is 5.56 Å². The number of benzene rings is 1. The standard InChI is InChI=1S/C10H9NO3/c12-10(13)8-3-1-2-7(6-8)9-11-4-5-14-9/h1-3,6H,4-5H2,(H,12,13). The van der Waals surface area contributed by atoms with Gasteiger partial charge in [-0.05, 0) is 18.2 Å². The first-order chi connectivity index (χ1) is 6.77. The minimum Gasteiger partial charge on any atom is -0.478 e. The molecule has 14 heavy (non-hydrogen) atoms. The van der Waals surface area contributed by atoms with Crippen LogP contribution in [0.2, 0.25) is 0 Å². The fraction of sp³-hybridized carbons (Fsp3) is 0.200. The number of carboxylic acid groups (broad SMARTS) is 1. The van der Waals surface area contributed by atoms with Crippen molar-refractivity contribution in [3.05, 3.63) is 35.4 Å². The summed E-state index contributed by atoms with van der Waals surface area (Å²) >= 11 is 0. The highest BCUT2D eigenvalue weighted by Gasteiger charge is 2.11. The van der Waals surface area contributed by atoms with Crippen LogP contribution < -0.4 is 0 Å². The number of hydrogen-bond donors (Lipinski definition) is 1. The lowest BCUT2D eigenvalue weighted by Gasteiger charge is -2.01. The van der Waals surface area contributed by atoms with Crippen molar-refractivity contribution in [2.75, 3.05) is 13.2 Å². The smallest absolute Gasteiger partial charge is 0.335 e. The Labute approximate surface area is 80.8 Å². The Morgan fingerprint density at radius 2 is 2.36 bits per heavy atom. The normalized spacial score (nSPS) is 14.7. The van der Waals surface area contributed by atoms with E-state index >= 15 is 0 Å². The van der Waals surface area contributed by atoms with Crippen molar-refractivity contribution in [3.63, 3.8) is 0 Å². The van der Waals surface area contributed by atoms with Crippen molar-refractivity contribution < 1.29 is 14.6 Å². The van der Waals surface area contributed by atoms with Crippen LogP contribution in [-0.4, -0.2) is 30.1 Å². The van der Waals surface area contributed by atoms with Gasteiger partial charge in [-0.2, -0.15) is 0 Å². The van der Waals surface area contributed by atoms with Crippen LogP contribution in [0.3, 0.4) is 0 Å². The monoisotopic (exact) mass is 191 g/mol. The number of nitrogens with zero attached hydrogens (tertiary/aromatic N) is 1. The molecule has 4 nitrogen and oxygen atoms in total. The third-order valence-electron chi connectivity index (χ3n) is 1.94. The molecule has 1 aliphatic rings. The maximum Gasteiger partial charge on any atom is 0.335 e. The summed E-state index contributed by atoms with van der Waals surface area (Å²) < 4.78 is 5.23. The molecule has 0 atom stereocenters. The minimum absolute atomic E-state index is 0.251. The van der Waals surface area contributed by atoms with Gasteiger partial charge in [0, 0.05) is 5.56 Å². The van der Waals surface area contributed by atoms with Gasteiger partial charge >= 0.3 is 5.97 Å². The molecule has 2 rings (SSSR count). The van der Waals surface area contributed by atoms with Crippen molar-refractivity contribution in [1.29, 1.82) is 0 Å². The van der Waals surface area contributed by atoms with Gasteiger partial charge in [0.05, 0.1) is 12.1 Å². The largest absolute Gasteiger partial charge is 0.478 e. The van der Waals surface area contributed by atoms with Crippen LogP contribution in [0.5, 0.6) is 0 Å². The fourth-order valence-corrected chi connectivity index (χ4v) is 1.30. The van der Waals surface area contributed by atoms with E-state index < -0.39 is 5.97 Å². The average molecular weight is 191 g/mol. The zero-order chi connectivity index (χ0) is 9.97. The highest BCUT2D eigenvalue weighted by molar-refractivity contribution is 5.97. The first-order valence-corrected chi connectivity index (χ1v) is 4.28. The van der Waals surface area contributed by atoms with E-state index in [0.29, 0.717) is 19.0 Å². The van der Waals surface area contributed by atoms with Crippen molar-refractivity contribution >= 4 is 11.9 Å². The highest BCUT2D eigenvalue weighted by Crippen LogP contribution is 2.10. The molecular formula is C10H9NO3. The molecule has 0 saturated heterocycles. The molecule has 4 heteroatoms. The summed E-state index contributed by atoms with van der Waals surface area (Å²) in [7, 11) is 0. The maximum absolute atomic E-state index is 10.7. The van der Waals surface area contributed by atoms with E-state index in [9.17, 15) is 4.79 Å². The SMILES string of the molecule is O=C(O)c1cccc(C2=NCCO2)c1. The molecule has 0 unspecified atom stereocenters. The molecule has 0 fully saturated rings. The van der Waals surface area contributed by atoms with E-state index in [1.807, 2.05) is 0 Å². The molecule has 0 aromatic heterocycles. The topological polar surface area (TPSA) is 58.9 Å². The molecule has 1 N–H and O–H groups in total. The molecule has 72 valence electrons. The van der Waals surface area contributed by atoms with Crippen molar-refractivity contribution in [2.45, 2.75) is 0 Å². The summed E-state index contributed by atoms with van der Waals surface area (Å²) in [5, 5.41) is 8.77. The molecule has 0 bridgehead atoms. The van der Waals surface area contributed by atoms with Gasteiger partial charge in [-0.15, -0.1) is 0 Å². The van der Waals surface area contributed by atoms with Crippen LogP contribution in [0.4, 0.5) is 0 Å². The molecule has 1 aromatic carbocycles. The Morgan fingerprint density at radius 1 is 1.50 bits per heavy atom. The fourth-order valence-electron chi connectivity index (χ4n) is 1.30. The van der Waals surface area contributed by atoms with Crippen LogP contribution in [-0.2, 0) is 4.74 Å². The first-order valence-electron chi connectivity index (χ1n) is 4.28. The molecule has 0 spiro atoms. The Hall–Kier alpha value is -1.84. The number of aliphatic imine (C=N–C) groups is 1. The molecule has 0 amide bonds. The van der Waals surface area contributed by atoms with Crippen molar-refractivity contribution in [1.82, 2.24) is 0 Å². The second kappa shape index (κ2) is 3.49. The minimum atomic E-state index is -0.939. The quantitative estimate of drug-likeness (QED) is 0.763. The van der Waals surface area contributed by atoms with Gasteiger partial charge in [-0.1, -0.05) is 6.07 Å². The van der Waals surface area contributed by atoms with Crippen LogP contribution in [0.15, 0.2) is 29.3 Å². The van der Waals surface area contributed by atoms with Crippen LogP contribution in [0.1, 0.15) is 15.9 Å². The first kappa shape index (κ1) is 8.74. The van der Waals surface area contributed by atoms with Crippen LogP contribution in [0, 0.1) is 0 Å². The summed E-state index contributed by atoms with van der Waals surface area (Å²) in [6, 6.07) is 6.58. The summed E-state index contributed by atoms with van der Waals surface area (Å²) in [4.78, 5) is 14.8. The molecule has 0 saturated carbocycles. The lowest BCUT2D eigenvalue weighted by Crippen LogP contribution is -2.03. The second-order valence-corrected chi connectivity index (χ2v) is 2.92. The second-order valence-electron chi connectivity index (χ2n) is 2.92. The zero-order valence-corrected chi connectivity index (χ0v) is 7.43. The lowest BCUT2D eigenvalue weighted by molar-refractivity contribution is 0.0697. The van der Waals surface area contributed by atoms with Crippen LogP contribution >= 0.6 is 0 Å². The highest BCUT2D eigenvalue weighted by atomic mass is 16.5. The molecular weight excluding hydrogens is 182 g/mol. The van der Waals surface area contributed by atoms with E-state index in [0.717, 1.165) is 5.56 Å². The third kappa shape index (κ3) is 1.59. The predicted molar refractivity (Wildman–Crippen MR) is 50.8 cm³/mol. The molecule has 1 heterocycles. The maximum atomic E-state index is 10.7. The molecule has 1 aliphatic heterocycles. The number of aromatic carboxylic acids is 1. The van der Waals surface area contributed by atoms with Crippen molar-refractivity contribution in [2.24, 2.45) is 4.99 Å². The molecule has 0 radical (unpaired) electrons. The Kier molecular flexibility index (Phi) is 2.18. The summed E-state index contributed by atoms with van der Waals surface area (Å²) in [6.45, 7) is 1.22. The lowest BCUT2D eigenvalue weighted by atomic mass is 10.1. The number of hydrogen-bond acceptors (Lipinski definition) is 3. The Bertz CT molecular complexity index is 398. The van der Waals surface area contributed by atoms with Crippen molar-refractivity contribution in [3.8, 4) is 0 Å². The van der Waals surface area contributed by atoms with E-state index in [2.05, 4.69) is 4.99 Å². The Morgan fingerprint density at radius 3 is 3.00 bits per heavy atom. The van der Waals surface area contributed by atoms with Gasteiger partial charge in [0.1, 0.15) is 6.61 Å². The summed E-state index contributed by atoms with van der Waals surface area (Å²) in [5.74, 6) is -0.404. The van der Waals surface area contributed by atoms with Gasteiger partial charge in [-0.3, -0.25) is 0 Å². The number of carbonyl (C=O) groups is 1. The third-order valence-corrected chi connectivity index (χ3v) is 1.94. The van der Waals surface area contributed by atoms with Gasteiger partial charge in [0.25, 0.3) is 0 Å². The number of ether oxygens (including phenoxy) is 1. The summed E-state index contributed by atoms with van der Waals surface area (Å²) in [5.41, 5.74) is 0.975. The average Bonchev–Trinajstić information content (AvgIpc) is 2.71. The number of rotatable bonds is 2. The van der Waals surface area contributed by atoms with E-state index in [1.54, 1.807) is 24.3 Å². The van der Waals surface area contributed by atoms with Gasteiger partial charge in [-0.25, -0.2) is 9.79 Å². The summed E-state index contributed by atoms with van der Waals surface area (Å²) in [6.07, 6.45) is 0. The van der Waals surface area contributed by atoms with E-state index in [4.69, 9.17) is 9.84 Å². The predicted octanol–water partition coefficient (Wildman–Crippen LogP) is 1.16. The van der Waals surface area contributed by atoms with Gasteiger partial charge < -0.3 is 9.84 Å². The van der Waals surface area contributed by atoms with E-state index in [1.165, 1.54) is 0 Å². The number of carboxylic acids is 1. The molecule has 1 aromatic rings.